The first-order chi connectivity index (χ1) is 11.8. The zero-order valence-corrected chi connectivity index (χ0v) is 15.2. The molecule has 3 rings (SSSR count). The van der Waals surface area contributed by atoms with Crippen LogP contribution in [0.3, 0.4) is 0 Å². The molecule has 0 saturated heterocycles. The molecule has 25 heavy (non-hydrogen) atoms. The summed E-state index contributed by atoms with van der Waals surface area (Å²) in [4.78, 5) is 22.7. The molecule has 0 radical (unpaired) electrons. The molecule has 1 N–H and O–H groups in total. The predicted octanol–water partition coefficient (Wildman–Crippen LogP) is 3.47. The van der Waals surface area contributed by atoms with Gasteiger partial charge < -0.3 is 5.32 Å². The number of nitro benzene ring substituents is 1. The Morgan fingerprint density at radius 2 is 2.00 bits per heavy atom. The van der Waals surface area contributed by atoms with Crippen LogP contribution in [0.4, 0.5) is 11.5 Å². The predicted molar refractivity (Wildman–Crippen MR) is 97.7 cm³/mol. The van der Waals surface area contributed by atoms with Crippen molar-refractivity contribution < 1.29 is 9.72 Å². The van der Waals surface area contributed by atoms with Gasteiger partial charge in [-0.3, -0.25) is 14.9 Å². The summed E-state index contributed by atoms with van der Waals surface area (Å²) < 4.78 is 1.88. The minimum atomic E-state index is -0.452. The quantitative estimate of drug-likeness (QED) is 0.666. The molecular weight excluding hydrogens is 340 g/mol. The minimum Gasteiger partial charge on any atom is -0.310 e. The van der Waals surface area contributed by atoms with Gasteiger partial charge in [-0.25, -0.2) is 4.68 Å². The normalized spacial score (nSPS) is 13.6. The van der Waals surface area contributed by atoms with E-state index >= 15 is 0 Å². The summed E-state index contributed by atoms with van der Waals surface area (Å²) in [5, 5.41) is 18.4. The van der Waals surface area contributed by atoms with Crippen LogP contribution in [0, 0.1) is 10.1 Å². The molecule has 132 valence electrons. The lowest BCUT2D eigenvalue weighted by atomic mass is 10.1. The highest BCUT2D eigenvalue weighted by Crippen LogP contribution is 2.37. The van der Waals surface area contributed by atoms with Crippen LogP contribution < -0.4 is 5.32 Å². The largest absolute Gasteiger partial charge is 0.310 e. The van der Waals surface area contributed by atoms with Crippen molar-refractivity contribution in [2.45, 2.75) is 44.2 Å². The third-order valence-corrected chi connectivity index (χ3v) is 4.93. The number of carbonyl (C=O) groups excluding carboxylic acids is 1. The first kappa shape index (κ1) is 17.5. The molecule has 0 spiro atoms. The van der Waals surface area contributed by atoms with E-state index in [-0.39, 0.29) is 23.6 Å². The van der Waals surface area contributed by atoms with Crippen molar-refractivity contribution in [3.63, 3.8) is 0 Å². The lowest BCUT2D eigenvalue weighted by Gasteiger charge is -2.23. The summed E-state index contributed by atoms with van der Waals surface area (Å²) in [7, 11) is 0. The zero-order chi connectivity index (χ0) is 18.2. The number of hydrogen-bond acceptors (Lipinski definition) is 5. The van der Waals surface area contributed by atoms with Crippen LogP contribution in [0.5, 0.6) is 0 Å². The van der Waals surface area contributed by atoms with Crippen molar-refractivity contribution >= 4 is 29.2 Å². The number of benzene rings is 1. The van der Waals surface area contributed by atoms with Crippen LogP contribution in [0.2, 0.25) is 0 Å². The molecule has 0 atom stereocenters. The van der Waals surface area contributed by atoms with Gasteiger partial charge in [0, 0.05) is 29.2 Å². The first-order valence-electron chi connectivity index (χ1n) is 7.98. The molecule has 1 aromatic carbocycles. The van der Waals surface area contributed by atoms with Gasteiger partial charge in [0.15, 0.2) is 0 Å². The number of nitro groups is 1. The molecule has 0 fully saturated rings. The topological polar surface area (TPSA) is 90.1 Å². The fourth-order valence-corrected chi connectivity index (χ4v) is 3.76. The SMILES string of the molecule is CC(C)(C)n1nc2c(c1NC(=O)Cc1ccc([N+](=O)[O-])cc1)CSC2. The minimum absolute atomic E-state index is 0.0183. The van der Waals surface area contributed by atoms with E-state index in [1.807, 2.05) is 25.5 Å². The molecule has 2 aromatic rings. The van der Waals surface area contributed by atoms with E-state index in [9.17, 15) is 14.9 Å². The Morgan fingerprint density at radius 3 is 2.60 bits per heavy atom. The van der Waals surface area contributed by atoms with Crippen molar-refractivity contribution in [3.05, 3.63) is 51.2 Å². The second-order valence-electron chi connectivity index (χ2n) is 7.00. The van der Waals surface area contributed by atoms with Crippen LogP contribution in [-0.4, -0.2) is 20.6 Å². The van der Waals surface area contributed by atoms with Crippen LogP contribution in [0.25, 0.3) is 0 Å². The van der Waals surface area contributed by atoms with E-state index in [1.54, 1.807) is 23.9 Å². The molecule has 1 aliphatic rings. The van der Waals surface area contributed by atoms with Crippen molar-refractivity contribution in [2.24, 2.45) is 0 Å². The van der Waals surface area contributed by atoms with E-state index in [4.69, 9.17) is 0 Å². The van der Waals surface area contributed by atoms with E-state index in [2.05, 4.69) is 10.4 Å². The second-order valence-corrected chi connectivity index (χ2v) is 7.98. The molecule has 0 bridgehead atoms. The number of carbonyl (C=O) groups is 1. The Hall–Kier alpha value is -2.35. The highest BCUT2D eigenvalue weighted by Gasteiger charge is 2.28. The van der Waals surface area contributed by atoms with Gasteiger partial charge in [-0.05, 0) is 26.3 Å². The summed E-state index contributed by atoms with van der Waals surface area (Å²) in [6, 6.07) is 6.05. The van der Waals surface area contributed by atoms with Crippen LogP contribution in [0.15, 0.2) is 24.3 Å². The maximum absolute atomic E-state index is 12.5. The van der Waals surface area contributed by atoms with Crippen molar-refractivity contribution in [1.82, 2.24) is 9.78 Å². The third kappa shape index (κ3) is 3.68. The standard InChI is InChI=1S/C17H20N4O3S/c1-17(2,3)20-16(13-9-25-10-14(13)19-20)18-15(22)8-11-4-6-12(7-5-11)21(23)24/h4-7H,8-10H2,1-3H3,(H,18,22). The van der Waals surface area contributed by atoms with Gasteiger partial charge in [0.25, 0.3) is 5.69 Å². The first-order valence-corrected chi connectivity index (χ1v) is 9.13. The van der Waals surface area contributed by atoms with Crippen molar-refractivity contribution in [2.75, 3.05) is 5.32 Å². The molecule has 0 saturated carbocycles. The summed E-state index contributed by atoms with van der Waals surface area (Å²) in [6.45, 7) is 6.15. The van der Waals surface area contributed by atoms with E-state index < -0.39 is 4.92 Å². The number of non-ortho nitro benzene ring substituents is 1. The summed E-state index contributed by atoms with van der Waals surface area (Å²) in [6.07, 6.45) is 0.162. The number of aromatic nitrogens is 2. The Labute approximate surface area is 149 Å². The number of fused-ring (bicyclic) bond motifs is 1. The smallest absolute Gasteiger partial charge is 0.269 e. The Morgan fingerprint density at radius 1 is 1.32 bits per heavy atom. The maximum atomic E-state index is 12.5. The molecular formula is C17H20N4O3S. The summed E-state index contributed by atoms with van der Waals surface area (Å²) in [5.41, 5.74) is 2.65. The van der Waals surface area contributed by atoms with Gasteiger partial charge in [-0.15, -0.1) is 0 Å². The van der Waals surface area contributed by atoms with Crippen molar-refractivity contribution in [3.8, 4) is 0 Å². The number of hydrogen-bond donors (Lipinski definition) is 1. The molecule has 1 aliphatic heterocycles. The number of thioether (sulfide) groups is 1. The zero-order valence-electron chi connectivity index (χ0n) is 14.4. The lowest BCUT2D eigenvalue weighted by molar-refractivity contribution is -0.384. The molecule has 8 heteroatoms. The second kappa shape index (κ2) is 6.51. The third-order valence-electron chi connectivity index (χ3n) is 3.96. The van der Waals surface area contributed by atoms with Gasteiger partial charge in [0.05, 0.1) is 22.6 Å². The Bertz CT molecular complexity index is 822. The number of rotatable bonds is 4. The van der Waals surface area contributed by atoms with Crippen molar-refractivity contribution in [1.29, 1.82) is 0 Å². The van der Waals surface area contributed by atoms with Gasteiger partial charge in [0.2, 0.25) is 5.91 Å². The van der Waals surface area contributed by atoms with E-state index in [0.29, 0.717) is 0 Å². The molecule has 0 unspecified atom stereocenters. The molecule has 7 nitrogen and oxygen atoms in total. The van der Waals surface area contributed by atoms with E-state index in [1.165, 1.54) is 12.1 Å². The summed E-state index contributed by atoms with van der Waals surface area (Å²) >= 11 is 1.79. The Balaban J connectivity index is 1.78. The number of nitrogens with zero attached hydrogens (tertiary/aromatic N) is 3. The molecule has 1 aromatic heterocycles. The van der Waals surface area contributed by atoms with Crippen LogP contribution in [0.1, 0.15) is 37.6 Å². The van der Waals surface area contributed by atoms with Crippen LogP contribution in [-0.2, 0) is 28.3 Å². The summed E-state index contributed by atoms with van der Waals surface area (Å²) in [5.74, 6) is 2.32. The average molecular weight is 360 g/mol. The van der Waals surface area contributed by atoms with Crippen LogP contribution >= 0.6 is 11.8 Å². The van der Waals surface area contributed by atoms with Gasteiger partial charge >= 0.3 is 0 Å². The van der Waals surface area contributed by atoms with Gasteiger partial charge in [-0.2, -0.15) is 16.9 Å². The Kier molecular flexibility index (Phi) is 4.55. The average Bonchev–Trinajstić information content (AvgIpc) is 3.10. The fraction of sp³-hybridized carbons (Fsp3) is 0.412. The maximum Gasteiger partial charge on any atom is 0.269 e. The molecule has 2 heterocycles. The fourth-order valence-electron chi connectivity index (χ4n) is 2.72. The lowest BCUT2D eigenvalue weighted by Crippen LogP contribution is -2.27. The molecule has 1 amide bonds. The van der Waals surface area contributed by atoms with Gasteiger partial charge in [-0.1, -0.05) is 12.1 Å². The molecule has 0 aliphatic carbocycles. The van der Waals surface area contributed by atoms with E-state index in [0.717, 1.165) is 34.1 Å². The number of amides is 1. The van der Waals surface area contributed by atoms with Gasteiger partial charge in [0.1, 0.15) is 5.82 Å². The highest BCUT2D eigenvalue weighted by atomic mass is 32.2. The highest BCUT2D eigenvalue weighted by molar-refractivity contribution is 7.98. The number of anilines is 1. The monoisotopic (exact) mass is 360 g/mol. The number of nitrogens with one attached hydrogen (secondary N) is 1.